The van der Waals surface area contributed by atoms with Crippen molar-refractivity contribution < 1.29 is 8.83 Å². The van der Waals surface area contributed by atoms with Crippen molar-refractivity contribution in [3.05, 3.63) is 211 Å². The fourth-order valence-corrected chi connectivity index (χ4v) is 9.68. The van der Waals surface area contributed by atoms with E-state index in [0.717, 1.165) is 83.2 Å². The van der Waals surface area contributed by atoms with E-state index in [9.17, 15) is 0 Å². The third-order valence-corrected chi connectivity index (χ3v) is 12.7. The van der Waals surface area contributed by atoms with Crippen LogP contribution in [-0.4, -0.2) is 0 Å². The van der Waals surface area contributed by atoms with Crippen molar-refractivity contribution in [3.63, 3.8) is 0 Å². The smallest absolute Gasteiger partial charge is 0.159 e. The predicted molar refractivity (Wildman–Crippen MR) is 250 cm³/mol. The third-order valence-electron chi connectivity index (χ3n) is 12.7. The summed E-state index contributed by atoms with van der Waals surface area (Å²) >= 11 is 0. The van der Waals surface area contributed by atoms with Crippen LogP contribution in [0.25, 0.3) is 88.4 Å². The summed E-state index contributed by atoms with van der Waals surface area (Å²) in [4.78, 5) is 2.36. The molecule has 0 saturated carbocycles. The van der Waals surface area contributed by atoms with Crippen molar-refractivity contribution in [2.45, 2.75) is 19.3 Å². The first kappa shape index (κ1) is 34.4. The lowest BCUT2D eigenvalue weighted by Gasteiger charge is -2.27. The number of anilines is 3. The molecule has 0 amide bonds. The zero-order valence-electron chi connectivity index (χ0n) is 33.3. The molecule has 2 heterocycles. The normalized spacial score (nSPS) is 13.0. The molecule has 60 heavy (non-hydrogen) atoms. The molecule has 0 saturated heterocycles. The molecule has 1 aliphatic carbocycles. The Bertz CT molecular complexity index is 3340. The number of nitrogens with zero attached hydrogens (tertiary/aromatic N) is 1. The SMILES string of the molecule is CC1(C)c2ccccc2-c2ccc(-c3cc(N(c4ccc(-c5ccccc5)cc4)c4ccc(-c5ccccc5)cc4)c4oc5ccc6oc7ccccc7c6c5c4c3)cc21. The lowest BCUT2D eigenvalue weighted by Crippen LogP contribution is -2.14. The molecule has 0 N–H and O–H groups in total. The van der Waals surface area contributed by atoms with Gasteiger partial charge in [-0.1, -0.05) is 153 Å². The van der Waals surface area contributed by atoms with Crippen LogP contribution in [0.15, 0.2) is 209 Å². The van der Waals surface area contributed by atoms with Crippen LogP contribution in [-0.2, 0) is 5.41 Å². The molecule has 0 aliphatic heterocycles. The Morgan fingerprint density at radius 2 is 0.900 bits per heavy atom. The fourth-order valence-electron chi connectivity index (χ4n) is 9.68. The molecule has 284 valence electrons. The Morgan fingerprint density at radius 3 is 1.58 bits per heavy atom. The largest absolute Gasteiger partial charge is 0.456 e. The van der Waals surface area contributed by atoms with Gasteiger partial charge in [-0.25, -0.2) is 0 Å². The zero-order valence-corrected chi connectivity index (χ0v) is 33.3. The van der Waals surface area contributed by atoms with E-state index in [1.165, 1.54) is 33.4 Å². The zero-order chi connectivity index (χ0) is 40.0. The van der Waals surface area contributed by atoms with Crippen molar-refractivity contribution >= 4 is 60.9 Å². The molecule has 3 nitrogen and oxygen atoms in total. The van der Waals surface area contributed by atoms with Crippen LogP contribution >= 0.6 is 0 Å². The second-order valence-corrected chi connectivity index (χ2v) is 16.5. The summed E-state index contributed by atoms with van der Waals surface area (Å²) in [6.07, 6.45) is 0. The number of rotatable bonds is 6. The van der Waals surface area contributed by atoms with E-state index in [4.69, 9.17) is 8.83 Å². The van der Waals surface area contributed by atoms with Crippen molar-refractivity contribution in [3.8, 4) is 44.5 Å². The van der Waals surface area contributed by atoms with Gasteiger partial charge in [-0.2, -0.15) is 0 Å². The average Bonchev–Trinajstić information content (AvgIpc) is 3.95. The molecule has 0 bridgehead atoms. The molecule has 2 aromatic heterocycles. The molecule has 3 heteroatoms. The van der Waals surface area contributed by atoms with Gasteiger partial charge in [0.25, 0.3) is 0 Å². The quantitative estimate of drug-likeness (QED) is 0.169. The second-order valence-electron chi connectivity index (χ2n) is 16.5. The Morgan fingerprint density at radius 1 is 0.367 bits per heavy atom. The van der Waals surface area contributed by atoms with Gasteiger partial charge in [-0.05, 0) is 116 Å². The monoisotopic (exact) mass is 769 g/mol. The molecule has 9 aromatic carbocycles. The van der Waals surface area contributed by atoms with Crippen LogP contribution < -0.4 is 4.90 Å². The molecule has 0 radical (unpaired) electrons. The minimum atomic E-state index is -0.133. The van der Waals surface area contributed by atoms with Crippen molar-refractivity contribution in [2.75, 3.05) is 4.90 Å². The second kappa shape index (κ2) is 13.2. The molecule has 0 fully saturated rings. The minimum Gasteiger partial charge on any atom is -0.456 e. The van der Waals surface area contributed by atoms with Crippen LogP contribution in [0.4, 0.5) is 17.1 Å². The van der Waals surface area contributed by atoms with Crippen LogP contribution in [0.3, 0.4) is 0 Å². The highest BCUT2D eigenvalue weighted by Crippen LogP contribution is 2.51. The maximum absolute atomic E-state index is 7.08. The summed E-state index contributed by atoms with van der Waals surface area (Å²) in [5.41, 5.74) is 18.6. The summed E-state index contributed by atoms with van der Waals surface area (Å²) in [6.45, 7) is 4.70. The summed E-state index contributed by atoms with van der Waals surface area (Å²) in [5, 5.41) is 4.25. The Labute approximate surface area is 348 Å². The third kappa shape index (κ3) is 5.29. The van der Waals surface area contributed by atoms with E-state index in [1.807, 2.05) is 18.2 Å². The lowest BCUT2D eigenvalue weighted by atomic mass is 9.81. The number of fused-ring (bicyclic) bond motifs is 10. The molecular formula is C57H39NO2. The highest BCUT2D eigenvalue weighted by Gasteiger charge is 2.35. The van der Waals surface area contributed by atoms with Gasteiger partial charge < -0.3 is 13.7 Å². The number of furan rings is 2. The van der Waals surface area contributed by atoms with E-state index in [1.54, 1.807) is 0 Å². The highest BCUT2D eigenvalue weighted by atomic mass is 16.3. The average molecular weight is 770 g/mol. The first-order chi connectivity index (χ1) is 29.5. The van der Waals surface area contributed by atoms with E-state index < -0.39 is 0 Å². The Kier molecular flexibility index (Phi) is 7.58. The number of hydrogen-bond acceptors (Lipinski definition) is 3. The number of para-hydroxylation sites is 1. The molecular weight excluding hydrogens is 731 g/mol. The molecule has 12 rings (SSSR count). The van der Waals surface area contributed by atoms with Crippen LogP contribution in [0.5, 0.6) is 0 Å². The van der Waals surface area contributed by atoms with Crippen molar-refractivity contribution in [1.82, 2.24) is 0 Å². The van der Waals surface area contributed by atoms with Gasteiger partial charge in [0, 0.05) is 38.3 Å². The highest BCUT2D eigenvalue weighted by molar-refractivity contribution is 6.27. The lowest BCUT2D eigenvalue weighted by molar-refractivity contribution is 0.660. The van der Waals surface area contributed by atoms with Gasteiger partial charge in [0.1, 0.15) is 16.7 Å². The van der Waals surface area contributed by atoms with Gasteiger partial charge >= 0.3 is 0 Å². The first-order valence-electron chi connectivity index (χ1n) is 20.7. The number of hydrogen-bond donors (Lipinski definition) is 0. The van der Waals surface area contributed by atoms with Crippen molar-refractivity contribution in [1.29, 1.82) is 0 Å². The van der Waals surface area contributed by atoms with E-state index >= 15 is 0 Å². The fraction of sp³-hybridized carbons (Fsp3) is 0.0526. The summed E-state index contributed by atoms with van der Waals surface area (Å²) < 4.78 is 13.5. The Hall–Kier alpha value is -7.62. The Balaban J connectivity index is 1.13. The topological polar surface area (TPSA) is 29.5 Å². The molecule has 0 atom stereocenters. The standard InChI is InChI=1S/C57H39NO2/c1-57(2)48-19-11-9-17-44(48)45-30-25-40(34-49(45)57)41-33-47-55-53(32-31-52-54(55)46-18-10-12-20-51(46)59-52)60-56(47)50(35-41)58(42-26-21-38(22-27-42)36-13-5-3-6-14-36)43-28-23-39(24-29-43)37-15-7-4-8-16-37/h3-35H,1-2H3. The van der Waals surface area contributed by atoms with E-state index in [0.29, 0.717) is 0 Å². The molecule has 0 spiro atoms. The van der Waals surface area contributed by atoms with Crippen LogP contribution in [0, 0.1) is 0 Å². The maximum atomic E-state index is 7.08. The van der Waals surface area contributed by atoms with Gasteiger partial charge in [-0.3, -0.25) is 0 Å². The summed E-state index contributed by atoms with van der Waals surface area (Å²) in [6, 6.07) is 71.9. The van der Waals surface area contributed by atoms with E-state index in [2.05, 4.69) is 201 Å². The van der Waals surface area contributed by atoms with Gasteiger partial charge in [0.2, 0.25) is 0 Å². The van der Waals surface area contributed by atoms with Crippen LogP contribution in [0.1, 0.15) is 25.0 Å². The molecule has 11 aromatic rings. The van der Waals surface area contributed by atoms with E-state index in [-0.39, 0.29) is 5.41 Å². The van der Waals surface area contributed by atoms with Gasteiger partial charge in [0.15, 0.2) is 5.58 Å². The molecule has 1 aliphatic rings. The first-order valence-corrected chi connectivity index (χ1v) is 20.7. The number of benzene rings is 9. The summed E-state index contributed by atoms with van der Waals surface area (Å²) in [5.74, 6) is 0. The van der Waals surface area contributed by atoms with Gasteiger partial charge in [0.05, 0.1) is 5.69 Å². The minimum absolute atomic E-state index is 0.133. The van der Waals surface area contributed by atoms with Gasteiger partial charge in [-0.15, -0.1) is 0 Å². The molecule has 0 unspecified atom stereocenters. The van der Waals surface area contributed by atoms with Crippen molar-refractivity contribution in [2.24, 2.45) is 0 Å². The predicted octanol–water partition coefficient (Wildman–Crippen LogP) is 16.3. The maximum Gasteiger partial charge on any atom is 0.159 e. The van der Waals surface area contributed by atoms with Crippen LogP contribution in [0.2, 0.25) is 0 Å². The summed E-state index contributed by atoms with van der Waals surface area (Å²) in [7, 11) is 0.